The Kier molecular flexibility index (Phi) is 7.39. The van der Waals surface area contributed by atoms with Gasteiger partial charge in [-0.1, -0.05) is 6.07 Å². The van der Waals surface area contributed by atoms with E-state index in [9.17, 15) is 18.0 Å². The van der Waals surface area contributed by atoms with Crippen molar-refractivity contribution in [3.8, 4) is 0 Å². The number of benzene rings is 1. The summed E-state index contributed by atoms with van der Waals surface area (Å²) in [7, 11) is -3.67. The number of nitrogens with one attached hydrogen (secondary N) is 2. The minimum absolute atomic E-state index is 0.0638. The molecule has 2 amide bonds. The van der Waals surface area contributed by atoms with E-state index in [2.05, 4.69) is 10.6 Å². The molecule has 10 heteroatoms. The van der Waals surface area contributed by atoms with Crippen molar-refractivity contribution in [1.29, 1.82) is 0 Å². The van der Waals surface area contributed by atoms with Crippen molar-refractivity contribution in [3.05, 3.63) is 29.8 Å². The predicted octanol–water partition coefficient (Wildman–Crippen LogP) is 0.962. The van der Waals surface area contributed by atoms with Crippen molar-refractivity contribution in [2.75, 3.05) is 39.4 Å². The van der Waals surface area contributed by atoms with Gasteiger partial charge < -0.3 is 20.1 Å². The highest BCUT2D eigenvalue weighted by molar-refractivity contribution is 7.89. The lowest BCUT2D eigenvalue weighted by atomic mass is 10.2. The molecule has 28 heavy (non-hydrogen) atoms. The third-order valence-electron chi connectivity index (χ3n) is 3.78. The fourth-order valence-corrected chi connectivity index (χ4v) is 3.95. The molecule has 156 valence electrons. The molecule has 1 aliphatic rings. The largest absolute Gasteiger partial charge is 0.444 e. The lowest BCUT2D eigenvalue weighted by Crippen LogP contribution is -2.40. The van der Waals surface area contributed by atoms with E-state index in [-0.39, 0.29) is 36.6 Å². The SMILES string of the molecule is CC(C)(C)OC(=O)NCCNC(=O)c1cccc(S(=O)(=O)N2CCOCC2)c1. The Labute approximate surface area is 165 Å². The lowest BCUT2D eigenvalue weighted by Gasteiger charge is -2.26. The summed E-state index contributed by atoms with van der Waals surface area (Å²) in [6.07, 6.45) is -0.569. The van der Waals surface area contributed by atoms with Crippen LogP contribution in [0.15, 0.2) is 29.2 Å². The molecule has 1 aromatic carbocycles. The van der Waals surface area contributed by atoms with Crippen LogP contribution in [-0.4, -0.2) is 69.7 Å². The minimum atomic E-state index is -3.67. The number of hydrogen-bond donors (Lipinski definition) is 2. The van der Waals surface area contributed by atoms with E-state index in [1.165, 1.54) is 28.6 Å². The van der Waals surface area contributed by atoms with Crippen LogP contribution in [0.5, 0.6) is 0 Å². The fourth-order valence-electron chi connectivity index (χ4n) is 2.49. The van der Waals surface area contributed by atoms with E-state index < -0.39 is 27.6 Å². The molecule has 1 heterocycles. The monoisotopic (exact) mass is 413 g/mol. The number of ether oxygens (including phenoxy) is 2. The van der Waals surface area contributed by atoms with Gasteiger partial charge >= 0.3 is 6.09 Å². The molecule has 0 aromatic heterocycles. The number of nitrogens with zero attached hydrogens (tertiary/aromatic N) is 1. The first-order valence-electron chi connectivity index (χ1n) is 9.02. The highest BCUT2D eigenvalue weighted by Gasteiger charge is 2.26. The first kappa shape index (κ1) is 22.1. The number of carbonyl (C=O) groups is 2. The van der Waals surface area contributed by atoms with Crippen LogP contribution in [0.3, 0.4) is 0 Å². The number of sulfonamides is 1. The number of morpholine rings is 1. The van der Waals surface area contributed by atoms with Gasteiger partial charge in [0.05, 0.1) is 18.1 Å². The summed E-state index contributed by atoms with van der Waals surface area (Å²) in [6, 6.07) is 5.88. The molecule has 0 saturated carbocycles. The summed E-state index contributed by atoms with van der Waals surface area (Å²) in [6.45, 7) is 6.91. The second-order valence-electron chi connectivity index (χ2n) is 7.23. The molecule has 0 unspecified atom stereocenters. The molecule has 0 spiro atoms. The third-order valence-corrected chi connectivity index (χ3v) is 5.68. The Morgan fingerprint density at radius 2 is 1.79 bits per heavy atom. The smallest absolute Gasteiger partial charge is 0.407 e. The molecule has 1 aliphatic heterocycles. The Morgan fingerprint density at radius 3 is 2.43 bits per heavy atom. The van der Waals surface area contributed by atoms with Crippen LogP contribution in [0, 0.1) is 0 Å². The van der Waals surface area contributed by atoms with Crippen molar-refractivity contribution in [2.24, 2.45) is 0 Å². The zero-order valence-corrected chi connectivity index (χ0v) is 17.2. The first-order valence-corrected chi connectivity index (χ1v) is 10.5. The molecule has 1 fully saturated rings. The number of hydrogen-bond acceptors (Lipinski definition) is 6. The van der Waals surface area contributed by atoms with Crippen LogP contribution in [0.4, 0.5) is 4.79 Å². The van der Waals surface area contributed by atoms with E-state index in [1.54, 1.807) is 20.8 Å². The maximum atomic E-state index is 12.7. The highest BCUT2D eigenvalue weighted by Crippen LogP contribution is 2.18. The van der Waals surface area contributed by atoms with Gasteiger partial charge in [0.2, 0.25) is 10.0 Å². The molecular formula is C18H27N3O6S. The summed E-state index contributed by atoms with van der Waals surface area (Å²) in [4.78, 5) is 23.9. The molecule has 0 radical (unpaired) electrons. The molecule has 0 atom stereocenters. The van der Waals surface area contributed by atoms with Crippen molar-refractivity contribution < 1.29 is 27.5 Å². The van der Waals surface area contributed by atoms with E-state index in [1.807, 2.05) is 0 Å². The van der Waals surface area contributed by atoms with Gasteiger partial charge in [-0.25, -0.2) is 13.2 Å². The van der Waals surface area contributed by atoms with Gasteiger partial charge in [-0.05, 0) is 39.0 Å². The number of rotatable bonds is 6. The van der Waals surface area contributed by atoms with Gasteiger partial charge in [-0.15, -0.1) is 0 Å². The fraction of sp³-hybridized carbons (Fsp3) is 0.556. The van der Waals surface area contributed by atoms with Gasteiger partial charge in [-0.3, -0.25) is 4.79 Å². The first-order chi connectivity index (χ1) is 13.1. The van der Waals surface area contributed by atoms with Crippen LogP contribution in [0.2, 0.25) is 0 Å². The standard InChI is InChI=1S/C18H27N3O6S/c1-18(2,3)27-17(23)20-8-7-19-16(22)14-5-4-6-15(13-14)28(24,25)21-9-11-26-12-10-21/h4-6,13H,7-12H2,1-3H3,(H,19,22)(H,20,23). The summed E-state index contributed by atoms with van der Waals surface area (Å²) >= 11 is 0. The third kappa shape index (κ3) is 6.47. The van der Waals surface area contributed by atoms with Gasteiger partial charge in [0.15, 0.2) is 0 Å². The summed E-state index contributed by atoms with van der Waals surface area (Å²) in [5, 5.41) is 5.17. The molecular weight excluding hydrogens is 386 g/mol. The van der Waals surface area contributed by atoms with Crippen molar-refractivity contribution >= 4 is 22.0 Å². The second-order valence-corrected chi connectivity index (χ2v) is 9.17. The van der Waals surface area contributed by atoms with Crippen LogP contribution >= 0.6 is 0 Å². The second kappa shape index (κ2) is 9.35. The quantitative estimate of drug-likeness (QED) is 0.672. The molecule has 0 aliphatic carbocycles. The average molecular weight is 413 g/mol. The normalized spacial score (nSPS) is 15.7. The van der Waals surface area contributed by atoms with E-state index >= 15 is 0 Å². The van der Waals surface area contributed by atoms with Gasteiger partial charge in [0, 0.05) is 31.7 Å². The van der Waals surface area contributed by atoms with Crippen molar-refractivity contribution in [2.45, 2.75) is 31.3 Å². The molecule has 1 aromatic rings. The molecule has 0 bridgehead atoms. The minimum Gasteiger partial charge on any atom is -0.444 e. The van der Waals surface area contributed by atoms with Crippen LogP contribution < -0.4 is 10.6 Å². The van der Waals surface area contributed by atoms with Crippen LogP contribution in [-0.2, 0) is 19.5 Å². The number of alkyl carbamates (subject to hydrolysis) is 1. The van der Waals surface area contributed by atoms with E-state index in [0.717, 1.165) is 0 Å². The van der Waals surface area contributed by atoms with Crippen molar-refractivity contribution in [1.82, 2.24) is 14.9 Å². The lowest BCUT2D eigenvalue weighted by molar-refractivity contribution is 0.0526. The Morgan fingerprint density at radius 1 is 1.14 bits per heavy atom. The molecule has 2 rings (SSSR count). The predicted molar refractivity (Wildman–Crippen MR) is 103 cm³/mol. The van der Waals surface area contributed by atoms with E-state index in [4.69, 9.17) is 9.47 Å². The van der Waals surface area contributed by atoms with Gasteiger partial charge in [0.25, 0.3) is 5.91 Å². The zero-order chi connectivity index (χ0) is 20.8. The summed E-state index contributed by atoms with van der Waals surface area (Å²) < 4.78 is 37.0. The van der Waals surface area contributed by atoms with Gasteiger partial charge in [-0.2, -0.15) is 4.31 Å². The van der Waals surface area contributed by atoms with Gasteiger partial charge in [0.1, 0.15) is 5.60 Å². The number of amides is 2. The highest BCUT2D eigenvalue weighted by atomic mass is 32.2. The van der Waals surface area contributed by atoms with Crippen LogP contribution in [0.25, 0.3) is 0 Å². The maximum absolute atomic E-state index is 12.7. The summed E-state index contributed by atoms with van der Waals surface area (Å²) in [5.74, 6) is -0.426. The molecule has 9 nitrogen and oxygen atoms in total. The maximum Gasteiger partial charge on any atom is 0.407 e. The Bertz CT molecular complexity index is 798. The van der Waals surface area contributed by atoms with Crippen molar-refractivity contribution in [3.63, 3.8) is 0 Å². The summed E-state index contributed by atoms with van der Waals surface area (Å²) in [5.41, 5.74) is -0.369. The van der Waals surface area contributed by atoms with Crippen LogP contribution in [0.1, 0.15) is 31.1 Å². The molecule has 2 N–H and O–H groups in total. The number of carbonyl (C=O) groups excluding carboxylic acids is 2. The Hall–Kier alpha value is -2.17. The average Bonchev–Trinajstić information content (AvgIpc) is 2.64. The molecule has 1 saturated heterocycles. The topological polar surface area (TPSA) is 114 Å². The van der Waals surface area contributed by atoms with E-state index in [0.29, 0.717) is 13.2 Å². The Balaban J connectivity index is 1.90. The zero-order valence-electron chi connectivity index (χ0n) is 16.4.